The highest BCUT2D eigenvalue weighted by atomic mass is 16.5. The van der Waals surface area contributed by atoms with Crippen LogP contribution >= 0.6 is 0 Å². The maximum atomic E-state index is 11.3. The zero-order valence-corrected chi connectivity index (χ0v) is 16.4. The second kappa shape index (κ2) is 12.1. The SMILES string of the molecule is CCCCCCCCCCCCOc1ccc(-c2n[nH]nc2C(N)=O)cc1. The first-order valence-corrected chi connectivity index (χ1v) is 10.2. The predicted octanol–water partition coefficient (Wildman–Crippen LogP) is 4.87. The number of nitrogens with one attached hydrogen (secondary N) is 1. The van der Waals surface area contributed by atoms with Crippen molar-refractivity contribution >= 4 is 5.91 Å². The molecule has 0 saturated carbocycles. The van der Waals surface area contributed by atoms with Gasteiger partial charge in [-0.3, -0.25) is 4.79 Å². The monoisotopic (exact) mass is 372 g/mol. The molecule has 0 aliphatic rings. The number of hydrogen-bond donors (Lipinski definition) is 2. The number of hydrogen-bond acceptors (Lipinski definition) is 4. The molecule has 0 spiro atoms. The molecular formula is C21H32N4O2. The normalized spacial score (nSPS) is 10.9. The van der Waals surface area contributed by atoms with Gasteiger partial charge in [-0.2, -0.15) is 15.4 Å². The molecule has 6 nitrogen and oxygen atoms in total. The smallest absolute Gasteiger partial charge is 0.271 e. The number of H-pyrrole nitrogens is 1. The van der Waals surface area contributed by atoms with E-state index in [0.29, 0.717) is 5.69 Å². The van der Waals surface area contributed by atoms with Crippen molar-refractivity contribution in [3.05, 3.63) is 30.0 Å². The zero-order valence-electron chi connectivity index (χ0n) is 16.4. The van der Waals surface area contributed by atoms with E-state index in [4.69, 9.17) is 10.5 Å². The third-order valence-corrected chi connectivity index (χ3v) is 4.68. The Morgan fingerprint density at radius 1 is 0.926 bits per heavy atom. The standard InChI is InChI=1S/C21H32N4O2/c1-2-3-4-5-6-7-8-9-10-11-16-27-18-14-12-17(13-15-18)19-20(21(22)26)24-25-23-19/h12-15H,2-11,16H2,1H3,(H2,22,26)(H,23,24,25). The molecule has 0 aliphatic carbocycles. The van der Waals surface area contributed by atoms with Crippen LogP contribution in [0.1, 0.15) is 81.6 Å². The van der Waals surface area contributed by atoms with Crippen LogP contribution < -0.4 is 10.5 Å². The number of aromatic nitrogens is 3. The first-order valence-electron chi connectivity index (χ1n) is 10.2. The molecular weight excluding hydrogens is 340 g/mol. The van der Waals surface area contributed by atoms with E-state index < -0.39 is 5.91 Å². The van der Waals surface area contributed by atoms with Crippen LogP contribution in [0.5, 0.6) is 5.75 Å². The second-order valence-corrected chi connectivity index (χ2v) is 6.94. The molecule has 1 amide bonds. The molecule has 1 aromatic heterocycles. The lowest BCUT2D eigenvalue weighted by molar-refractivity contribution is 0.0996. The summed E-state index contributed by atoms with van der Waals surface area (Å²) in [5.41, 5.74) is 6.68. The van der Waals surface area contributed by atoms with Crippen LogP contribution in [0.4, 0.5) is 0 Å². The van der Waals surface area contributed by atoms with Gasteiger partial charge in [-0.1, -0.05) is 64.7 Å². The fraction of sp³-hybridized carbons (Fsp3) is 0.571. The third kappa shape index (κ3) is 7.41. The number of aromatic amines is 1. The Hall–Kier alpha value is -2.37. The molecule has 6 heteroatoms. The fourth-order valence-electron chi connectivity index (χ4n) is 3.09. The van der Waals surface area contributed by atoms with Crippen LogP contribution in [0.15, 0.2) is 24.3 Å². The minimum Gasteiger partial charge on any atom is -0.494 e. The minimum atomic E-state index is -0.597. The van der Waals surface area contributed by atoms with E-state index in [2.05, 4.69) is 22.3 Å². The van der Waals surface area contributed by atoms with E-state index in [1.807, 2.05) is 24.3 Å². The van der Waals surface area contributed by atoms with E-state index in [1.165, 1.54) is 57.8 Å². The largest absolute Gasteiger partial charge is 0.494 e. The Morgan fingerprint density at radius 2 is 1.52 bits per heavy atom. The Bertz CT molecular complexity index is 667. The zero-order chi connectivity index (χ0) is 19.3. The quantitative estimate of drug-likeness (QED) is 0.463. The molecule has 2 aromatic rings. The lowest BCUT2D eigenvalue weighted by atomic mass is 10.1. The van der Waals surface area contributed by atoms with Gasteiger partial charge in [0.1, 0.15) is 11.4 Å². The average molecular weight is 373 g/mol. The second-order valence-electron chi connectivity index (χ2n) is 6.94. The number of primary amides is 1. The number of benzene rings is 1. The Kier molecular flexibility index (Phi) is 9.38. The van der Waals surface area contributed by atoms with Crippen molar-refractivity contribution in [1.82, 2.24) is 15.4 Å². The summed E-state index contributed by atoms with van der Waals surface area (Å²) in [4.78, 5) is 11.3. The number of carbonyl (C=O) groups excluding carboxylic acids is 1. The van der Waals surface area contributed by atoms with Gasteiger partial charge < -0.3 is 10.5 Å². The molecule has 1 aromatic carbocycles. The number of amides is 1. The van der Waals surface area contributed by atoms with Crippen molar-refractivity contribution in [3.8, 4) is 17.0 Å². The van der Waals surface area contributed by atoms with Gasteiger partial charge in [-0.15, -0.1) is 0 Å². The fourth-order valence-corrected chi connectivity index (χ4v) is 3.09. The van der Waals surface area contributed by atoms with Gasteiger partial charge in [-0.25, -0.2) is 0 Å². The topological polar surface area (TPSA) is 93.9 Å². The highest BCUT2D eigenvalue weighted by Crippen LogP contribution is 2.22. The van der Waals surface area contributed by atoms with Gasteiger partial charge in [0.05, 0.1) is 6.61 Å². The van der Waals surface area contributed by atoms with Crippen LogP contribution in [-0.4, -0.2) is 27.9 Å². The number of unbranched alkanes of at least 4 members (excludes halogenated alkanes) is 9. The predicted molar refractivity (Wildman–Crippen MR) is 108 cm³/mol. The molecule has 3 N–H and O–H groups in total. The summed E-state index contributed by atoms with van der Waals surface area (Å²) in [6.07, 6.45) is 13.1. The molecule has 0 fully saturated rings. The van der Waals surface area contributed by atoms with Crippen LogP contribution in [0, 0.1) is 0 Å². The van der Waals surface area contributed by atoms with E-state index >= 15 is 0 Å². The van der Waals surface area contributed by atoms with Gasteiger partial charge in [0.25, 0.3) is 5.91 Å². The summed E-state index contributed by atoms with van der Waals surface area (Å²) >= 11 is 0. The van der Waals surface area contributed by atoms with Gasteiger partial charge in [-0.05, 0) is 30.7 Å². The molecule has 148 valence electrons. The highest BCUT2D eigenvalue weighted by Gasteiger charge is 2.14. The van der Waals surface area contributed by atoms with E-state index in [-0.39, 0.29) is 5.69 Å². The van der Waals surface area contributed by atoms with Gasteiger partial charge in [0.2, 0.25) is 0 Å². The molecule has 1 heterocycles. The Labute approximate surface area is 161 Å². The summed E-state index contributed by atoms with van der Waals surface area (Å²) in [6, 6.07) is 7.48. The van der Waals surface area contributed by atoms with Crippen molar-refractivity contribution < 1.29 is 9.53 Å². The van der Waals surface area contributed by atoms with Crippen molar-refractivity contribution in [3.63, 3.8) is 0 Å². The maximum absolute atomic E-state index is 11.3. The van der Waals surface area contributed by atoms with Crippen LogP contribution in [0.2, 0.25) is 0 Å². The Balaban J connectivity index is 1.59. The summed E-state index contributed by atoms with van der Waals surface area (Å²) in [5, 5.41) is 10.2. The molecule has 0 unspecified atom stereocenters. The number of ether oxygens (including phenoxy) is 1. The lowest BCUT2D eigenvalue weighted by Gasteiger charge is -2.07. The lowest BCUT2D eigenvalue weighted by Crippen LogP contribution is -2.12. The number of nitrogens with two attached hydrogens (primary N) is 1. The van der Waals surface area contributed by atoms with Crippen LogP contribution in [0.25, 0.3) is 11.3 Å². The minimum absolute atomic E-state index is 0.147. The van der Waals surface area contributed by atoms with Gasteiger partial charge >= 0.3 is 0 Å². The molecule has 0 aliphatic heterocycles. The molecule has 0 atom stereocenters. The van der Waals surface area contributed by atoms with Crippen molar-refractivity contribution in [2.75, 3.05) is 6.61 Å². The summed E-state index contributed by atoms with van der Waals surface area (Å²) in [5.74, 6) is 0.221. The van der Waals surface area contributed by atoms with E-state index in [1.54, 1.807) is 0 Å². The molecule has 0 bridgehead atoms. The Morgan fingerprint density at radius 3 is 2.11 bits per heavy atom. The first kappa shape index (κ1) is 20.9. The van der Waals surface area contributed by atoms with E-state index in [0.717, 1.165) is 24.3 Å². The molecule has 0 saturated heterocycles. The van der Waals surface area contributed by atoms with E-state index in [9.17, 15) is 4.79 Å². The average Bonchev–Trinajstić information content (AvgIpc) is 3.17. The van der Waals surface area contributed by atoms with Gasteiger partial charge in [0, 0.05) is 5.56 Å². The van der Waals surface area contributed by atoms with Gasteiger partial charge in [0.15, 0.2) is 5.69 Å². The first-order chi connectivity index (χ1) is 13.2. The van der Waals surface area contributed by atoms with Crippen LogP contribution in [-0.2, 0) is 0 Å². The van der Waals surface area contributed by atoms with Crippen molar-refractivity contribution in [2.45, 2.75) is 71.1 Å². The summed E-state index contributed by atoms with van der Waals surface area (Å²) < 4.78 is 5.79. The maximum Gasteiger partial charge on any atom is 0.271 e. The van der Waals surface area contributed by atoms with Crippen molar-refractivity contribution in [2.24, 2.45) is 5.73 Å². The van der Waals surface area contributed by atoms with Crippen molar-refractivity contribution in [1.29, 1.82) is 0 Å². The summed E-state index contributed by atoms with van der Waals surface area (Å²) in [7, 11) is 0. The molecule has 0 radical (unpaired) electrons. The summed E-state index contributed by atoms with van der Waals surface area (Å²) in [6.45, 7) is 2.99. The number of carbonyl (C=O) groups is 1. The third-order valence-electron chi connectivity index (χ3n) is 4.68. The number of nitrogens with zero attached hydrogens (tertiary/aromatic N) is 2. The number of rotatable bonds is 14. The molecule has 27 heavy (non-hydrogen) atoms. The molecule has 2 rings (SSSR count). The highest BCUT2D eigenvalue weighted by molar-refractivity contribution is 5.96. The van der Waals surface area contributed by atoms with Crippen LogP contribution in [0.3, 0.4) is 0 Å².